The SMILES string of the molecule is COc1ccc(C#N)cc1.O=C(Nc1ccc(F)cc1)Nc1ccc(Cl)c(C(F)(F)F)c1. The zero-order valence-corrected chi connectivity index (χ0v) is 17.3. The average Bonchev–Trinajstić information content (AvgIpc) is 2.76. The van der Waals surface area contributed by atoms with Crippen molar-refractivity contribution in [1.29, 1.82) is 5.26 Å². The summed E-state index contributed by atoms with van der Waals surface area (Å²) < 4.78 is 55.7. The van der Waals surface area contributed by atoms with Crippen LogP contribution in [-0.4, -0.2) is 13.1 Å². The first kappa shape index (κ1) is 24.5. The zero-order valence-electron chi connectivity index (χ0n) is 16.5. The summed E-state index contributed by atoms with van der Waals surface area (Å²) in [5, 5.41) is 12.6. The van der Waals surface area contributed by atoms with Crippen molar-refractivity contribution in [2.75, 3.05) is 17.7 Å². The standard InChI is InChI=1S/C14H9ClF4N2O.C8H7NO/c15-12-6-5-10(7-11(12)14(17,18)19)21-13(22)20-9-3-1-8(16)2-4-9;1-10-8-4-2-7(6-9)3-5-8/h1-7H,(H2,20,21,22);2-5H,1H3. The number of anilines is 2. The number of nitriles is 1. The van der Waals surface area contributed by atoms with Crippen LogP contribution >= 0.6 is 11.6 Å². The number of benzene rings is 3. The quantitative estimate of drug-likeness (QED) is 0.422. The van der Waals surface area contributed by atoms with Gasteiger partial charge in [0.1, 0.15) is 11.6 Å². The molecule has 0 aliphatic heterocycles. The molecular formula is C22H16ClF4N3O2. The second kappa shape index (κ2) is 11.0. The molecule has 0 unspecified atom stereocenters. The number of carbonyl (C=O) groups excluding carboxylic acids is 1. The van der Waals surface area contributed by atoms with Crippen LogP contribution in [0.2, 0.25) is 5.02 Å². The number of carbonyl (C=O) groups is 1. The van der Waals surface area contributed by atoms with Crippen molar-refractivity contribution in [3.8, 4) is 11.8 Å². The summed E-state index contributed by atoms with van der Waals surface area (Å²) in [7, 11) is 1.60. The summed E-state index contributed by atoms with van der Waals surface area (Å²) >= 11 is 5.48. The molecule has 0 spiro atoms. The van der Waals surface area contributed by atoms with Gasteiger partial charge in [0.15, 0.2) is 0 Å². The molecular weight excluding hydrogens is 450 g/mol. The van der Waals surface area contributed by atoms with Gasteiger partial charge in [0.05, 0.1) is 29.3 Å². The summed E-state index contributed by atoms with van der Waals surface area (Å²) in [5.74, 6) is 0.303. The summed E-state index contributed by atoms with van der Waals surface area (Å²) in [6, 6.07) is 16.1. The number of hydrogen-bond acceptors (Lipinski definition) is 3. The minimum Gasteiger partial charge on any atom is -0.497 e. The van der Waals surface area contributed by atoms with Crippen molar-refractivity contribution in [2.45, 2.75) is 6.18 Å². The fourth-order valence-electron chi connectivity index (χ4n) is 2.31. The van der Waals surface area contributed by atoms with Crippen molar-refractivity contribution in [2.24, 2.45) is 0 Å². The van der Waals surface area contributed by atoms with E-state index in [9.17, 15) is 22.4 Å². The van der Waals surface area contributed by atoms with Gasteiger partial charge in [-0.15, -0.1) is 0 Å². The molecule has 3 aromatic carbocycles. The summed E-state index contributed by atoms with van der Waals surface area (Å²) in [6.07, 6.45) is -4.62. The lowest BCUT2D eigenvalue weighted by molar-refractivity contribution is -0.137. The maximum absolute atomic E-state index is 12.7. The molecule has 3 aromatic rings. The van der Waals surface area contributed by atoms with Crippen LogP contribution in [0.5, 0.6) is 5.75 Å². The molecule has 0 aliphatic carbocycles. The van der Waals surface area contributed by atoms with Gasteiger partial charge in [-0.05, 0) is 66.7 Å². The Labute approximate surface area is 186 Å². The smallest absolute Gasteiger partial charge is 0.417 e. The summed E-state index contributed by atoms with van der Waals surface area (Å²) in [5.41, 5.74) is -0.171. The highest BCUT2D eigenvalue weighted by molar-refractivity contribution is 6.31. The van der Waals surface area contributed by atoms with Gasteiger partial charge in [0.2, 0.25) is 0 Å². The van der Waals surface area contributed by atoms with E-state index in [1.807, 2.05) is 6.07 Å². The number of urea groups is 1. The molecule has 2 amide bonds. The highest BCUT2D eigenvalue weighted by Gasteiger charge is 2.33. The van der Waals surface area contributed by atoms with Gasteiger partial charge in [0, 0.05) is 11.4 Å². The number of nitrogens with zero attached hydrogens (tertiary/aromatic N) is 1. The average molecular weight is 466 g/mol. The lowest BCUT2D eigenvalue weighted by atomic mass is 10.2. The van der Waals surface area contributed by atoms with Crippen molar-refractivity contribution < 1.29 is 27.1 Å². The van der Waals surface area contributed by atoms with E-state index in [-0.39, 0.29) is 5.69 Å². The predicted molar refractivity (Wildman–Crippen MR) is 113 cm³/mol. The normalized spacial score (nSPS) is 10.3. The number of nitrogens with one attached hydrogen (secondary N) is 2. The van der Waals surface area contributed by atoms with Gasteiger partial charge in [-0.2, -0.15) is 18.4 Å². The van der Waals surface area contributed by atoms with Gasteiger partial charge in [-0.3, -0.25) is 0 Å². The van der Waals surface area contributed by atoms with E-state index in [1.165, 1.54) is 18.2 Å². The van der Waals surface area contributed by atoms with E-state index in [4.69, 9.17) is 21.6 Å². The Balaban J connectivity index is 0.000000303. The number of methoxy groups -OCH3 is 1. The minimum absolute atomic E-state index is 0.0728. The van der Waals surface area contributed by atoms with Crippen molar-refractivity contribution in [3.63, 3.8) is 0 Å². The molecule has 0 aliphatic rings. The van der Waals surface area contributed by atoms with Gasteiger partial charge < -0.3 is 15.4 Å². The van der Waals surface area contributed by atoms with Gasteiger partial charge in [-0.1, -0.05) is 11.6 Å². The Bertz CT molecular complexity index is 1100. The molecule has 5 nitrogen and oxygen atoms in total. The number of amides is 2. The molecule has 0 bridgehead atoms. The molecule has 166 valence electrons. The number of ether oxygens (including phenoxy) is 1. The Hall–Kier alpha value is -3.77. The van der Waals surface area contributed by atoms with E-state index in [2.05, 4.69) is 10.6 Å². The van der Waals surface area contributed by atoms with Crippen LogP contribution in [0.15, 0.2) is 66.7 Å². The highest BCUT2D eigenvalue weighted by Crippen LogP contribution is 2.36. The first-order valence-corrected chi connectivity index (χ1v) is 9.24. The number of halogens is 5. The molecule has 0 atom stereocenters. The molecule has 2 N–H and O–H groups in total. The molecule has 0 radical (unpaired) electrons. The topological polar surface area (TPSA) is 74.1 Å². The third kappa shape index (κ3) is 7.49. The molecule has 10 heteroatoms. The first-order valence-electron chi connectivity index (χ1n) is 8.87. The van der Waals surface area contributed by atoms with Crippen LogP contribution in [0.1, 0.15) is 11.1 Å². The number of alkyl halides is 3. The molecule has 0 fully saturated rings. The molecule has 0 heterocycles. The maximum atomic E-state index is 12.7. The summed E-state index contributed by atoms with van der Waals surface area (Å²) in [4.78, 5) is 11.7. The lowest BCUT2D eigenvalue weighted by Gasteiger charge is -2.12. The maximum Gasteiger partial charge on any atom is 0.417 e. The van der Waals surface area contributed by atoms with Crippen LogP contribution < -0.4 is 15.4 Å². The van der Waals surface area contributed by atoms with E-state index in [0.29, 0.717) is 11.3 Å². The monoisotopic (exact) mass is 465 g/mol. The first-order chi connectivity index (χ1) is 15.1. The van der Waals surface area contributed by atoms with E-state index >= 15 is 0 Å². The Morgan fingerprint density at radius 2 is 1.53 bits per heavy atom. The van der Waals surface area contributed by atoms with Gasteiger partial charge >= 0.3 is 12.2 Å². The molecule has 0 saturated heterocycles. The fourth-order valence-corrected chi connectivity index (χ4v) is 2.54. The van der Waals surface area contributed by atoms with E-state index in [1.54, 1.807) is 31.4 Å². The molecule has 32 heavy (non-hydrogen) atoms. The van der Waals surface area contributed by atoms with Crippen LogP contribution in [0.4, 0.5) is 33.7 Å². The Kier molecular flexibility index (Phi) is 8.44. The number of hydrogen-bond donors (Lipinski definition) is 2. The summed E-state index contributed by atoms with van der Waals surface area (Å²) in [6.45, 7) is 0. The minimum atomic E-state index is -4.62. The lowest BCUT2D eigenvalue weighted by Crippen LogP contribution is -2.19. The number of rotatable bonds is 3. The highest BCUT2D eigenvalue weighted by atomic mass is 35.5. The van der Waals surface area contributed by atoms with Crippen molar-refractivity contribution in [1.82, 2.24) is 0 Å². The Morgan fingerprint density at radius 3 is 2.06 bits per heavy atom. The molecule has 0 saturated carbocycles. The second-order valence-corrected chi connectivity index (χ2v) is 6.53. The Morgan fingerprint density at radius 1 is 0.969 bits per heavy atom. The van der Waals surface area contributed by atoms with Crippen molar-refractivity contribution in [3.05, 3.63) is 88.7 Å². The second-order valence-electron chi connectivity index (χ2n) is 6.12. The van der Waals surface area contributed by atoms with Gasteiger partial charge in [-0.25, -0.2) is 9.18 Å². The van der Waals surface area contributed by atoms with Gasteiger partial charge in [0.25, 0.3) is 0 Å². The fraction of sp³-hybridized carbons (Fsp3) is 0.0909. The molecule has 0 aromatic heterocycles. The van der Waals surface area contributed by atoms with Crippen LogP contribution in [0.25, 0.3) is 0 Å². The van der Waals surface area contributed by atoms with Crippen LogP contribution in [-0.2, 0) is 6.18 Å². The third-order valence-corrected chi connectivity index (χ3v) is 4.18. The zero-order chi connectivity index (χ0) is 23.7. The van der Waals surface area contributed by atoms with E-state index in [0.717, 1.165) is 30.0 Å². The van der Waals surface area contributed by atoms with Crippen molar-refractivity contribution >= 4 is 29.0 Å². The molecule has 3 rings (SSSR count). The van der Waals surface area contributed by atoms with E-state index < -0.39 is 28.6 Å². The predicted octanol–water partition coefficient (Wildman–Crippen LogP) is 6.71. The third-order valence-electron chi connectivity index (χ3n) is 3.85. The van der Waals surface area contributed by atoms with Crippen LogP contribution in [0, 0.1) is 17.1 Å². The van der Waals surface area contributed by atoms with Crippen LogP contribution in [0.3, 0.4) is 0 Å². The largest absolute Gasteiger partial charge is 0.497 e.